The van der Waals surface area contributed by atoms with Gasteiger partial charge in [-0.1, -0.05) is 203 Å². The molecular formula is C58H115BNO7. The molecular weight excluding hydrogens is 833 g/mol. The molecule has 397 valence electrons. The van der Waals surface area contributed by atoms with Crippen molar-refractivity contribution in [1.82, 2.24) is 4.90 Å². The number of rotatable bonds is 44. The van der Waals surface area contributed by atoms with Crippen LogP contribution in [0.25, 0.3) is 0 Å². The fraction of sp³-hybridized carbons (Fsp3) is 0.931. The van der Waals surface area contributed by atoms with E-state index in [-0.39, 0.29) is 18.0 Å². The van der Waals surface area contributed by atoms with Crippen LogP contribution < -0.4 is 0 Å². The molecule has 9 heteroatoms. The Labute approximate surface area is 418 Å². The lowest BCUT2D eigenvalue weighted by Gasteiger charge is -2.18. The van der Waals surface area contributed by atoms with Crippen LogP contribution in [0.1, 0.15) is 281 Å². The molecule has 0 amide bonds. The van der Waals surface area contributed by atoms with Gasteiger partial charge in [0.1, 0.15) is 19.7 Å². The predicted octanol–water partition coefficient (Wildman–Crippen LogP) is 16.9. The van der Waals surface area contributed by atoms with Gasteiger partial charge >= 0.3 is 11.9 Å². The highest BCUT2D eigenvalue weighted by atomic mass is 16.5. The number of likely N-dealkylation sites (tertiary alicyclic amines) is 1. The van der Waals surface area contributed by atoms with Crippen molar-refractivity contribution in [3.05, 3.63) is 0 Å². The van der Waals surface area contributed by atoms with Gasteiger partial charge in [0.25, 0.3) is 6.47 Å². The summed E-state index contributed by atoms with van der Waals surface area (Å²) in [5.41, 5.74) is 0. The summed E-state index contributed by atoms with van der Waals surface area (Å²) in [5, 5.41) is 0. The van der Waals surface area contributed by atoms with E-state index in [0.29, 0.717) is 44.4 Å². The van der Waals surface area contributed by atoms with Gasteiger partial charge in [-0.15, -0.1) is 0 Å². The van der Waals surface area contributed by atoms with Gasteiger partial charge in [-0.25, -0.2) is 0 Å². The van der Waals surface area contributed by atoms with Gasteiger partial charge < -0.3 is 23.9 Å². The van der Waals surface area contributed by atoms with E-state index in [1.54, 1.807) is 0 Å². The van der Waals surface area contributed by atoms with Gasteiger partial charge in [-0.3, -0.25) is 14.4 Å². The second kappa shape index (κ2) is 56.7. The number of ether oxygens (including phenoxy) is 3. The molecule has 1 radical (unpaired) electrons. The molecule has 0 aromatic heterocycles. The number of esters is 2. The first-order valence-electron chi connectivity index (χ1n) is 28.9. The van der Waals surface area contributed by atoms with E-state index >= 15 is 0 Å². The first kappa shape index (κ1) is 69.4. The van der Waals surface area contributed by atoms with Crippen LogP contribution in [0.15, 0.2) is 0 Å². The Morgan fingerprint density at radius 1 is 0.597 bits per heavy atom. The minimum Gasteiger partial charge on any atom is -0.468 e. The van der Waals surface area contributed by atoms with Crippen LogP contribution in [0, 0.1) is 17.8 Å². The SMILES string of the molecule is CC.CC(C)C(C)CCC=O.CCCCCCCCC(CCCCCCCC)OC(=O)CCCCCCCOC=O.C[B]C1CCN(CCCCCC(=O)OCCCCCCCCC(C)C)C1. The number of unbranched alkanes of at least 4 members (excludes halogenated alkanes) is 21. The maximum absolute atomic E-state index is 12.3. The summed E-state index contributed by atoms with van der Waals surface area (Å²) < 4.78 is 15.9. The summed E-state index contributed by atoms with van der Waals surface area (Å²) in [4.78, 5) is 46.6. The molecule has 2 atom stereocenters. The molecule has 67 heavy (non-hydrogen) atoms. The van der Waals surface area contributed by atoms with Crippen molar-refractivity contribution >= 4 is 32.0 Å². The van der Waals surface area contributed by atoms with Crippen LogP contribution in [0.5, 0.6) is 0 Å². The fourth-order valence-electron chi connectivity index (χ4n) is 8.25. The van der Waals surface area contributed by atoms with E-state index in [0.717, 1.165) is 95.1 Å². The van der Waals surface area contributed by atoms with Crippen molar-refractivity contribution in [2.45, 2.75) is 299 Å². The highest BCUT2D eigenvalue weighted by Gasteiger charge is 2.20. The highest BCUT2D eigenvalue weighted by molar-refractivity contribution is 6.35. The van der Waals surface area contributed by atoms with Gasteiger partial charge in [0.05, 0.1) is 13.2 Å². The summed E-state index contributed by atoms with van der Waals surface area (Å²) in [6.45, 7) is 27.1. The van der Waals surface area contributed by atoms with Gasteiger partial charge in [0, 0.05) is 19.3 Å². The standard InChI is InChI=1S/C26H50O4.C22H43BNO2.C8H16O.C2H6/c1-3-5-7-9-12-16-20-25(21-17-13-10-8-6-4-2)30-26(28)22-18-14-11-15-19-23-29-24-27;1-20(2)13-9-6-4-5-7-12-18-26-22(25)14-10-8-11-16-24-17-15-21(19-24)23-3;1-7(2)8(3)5-4-6-9;1-2/h24-25H,3-23H2,1-2H3;20-21H,4-19H2,1-3H3;6-8H,4-5H2,1-3H3;1-2H3. The van der Waals surface area contributed by atoms with Crippen LogP contribution >= 0.6 is 0 Å². The van der Waals surface area contributed by atoms with E-state index in [4.69, 9.17) is 9.47 Å². The summed E-state index contributed by atoms with van der Waals surface area (Å²) >= 11 is 0. The van der Waals surface area contributed by atoms with Crippen LogP contribution in [0.4, 0.5) is 0 Å². The maximum Gasteiger partial charge on any atom is 0.306 e. The first-order valence-corrected chi connectivity index (χ1v) is 28.9. The quantitative estimate of drug-likeness (QED) is 0.0196. The number of carbonyl (C=O) groups is 4. The monoisotopic (exact) mass is 949 g/mol. The van der Waals surface area contributed by atoms with Gasteiger partial charge in [0.2, 0.25) is 0 Å². The lowest BCUT2D eigenvalue weighted by molar-refractivity contribution is -0.150. The molecule has 0 N–H and O–H groups in total. The van der Waals surface area contributed by atoms with Crippen molar-refractivity contribution in [1.29, 1.82) is 0 Å². The van der Waals surface area contributed by atoms with Crippen molar-refractivity contribution < 1.29 is 33.4 Å². The Kier molecular flexibility index (Phi) is 58.7. The van der Waals surface area contributed by atoms with E-state index in [1.807, 2.05) is 13.8 Å². The smallest absolute Gasteiger partial charge is 0.306 e. The molecule has 1 rings (SSSR count). The number of hydrogen-bond donors (Lipinski definition) is 0. The Morgan fingerprint density at radius 3 is 1.57 bits per heavy atom. The zero-order valence-electron chi connectivity index (χ0n) is 46.5. The minimum atomic E-state index is -0.0127. The number of nitrogens with zero attached hydrogens (tertiary/aromatic N) is 1. The number of hydrogen-bond acceptors (Lipinski definition) is 8. The van der Waals surface area contributed by atoms with Gasteiger partial charge in [0.15, 0.2) is 0 Å². The molecule has 1 aliphatic rings. The van der Waals surface area contributed by atoms with Crippen LogP contribution in [-0.2, 0) is 33.4 Å². The normalized spacial score (nSPS) is 13.8. The fourth-order valence-corrected chi connectivity index (χ4v) is 8.25. The average Bonchev–Trinajstić information content (AvgIpc) is 3.79. The van der Waals surface area contributed by atoms with Crippen LogP contribution in [-0.4, -0.2) is 75.8 Å². The van der Waals surface area contributed by atoms with Crippen molar-refractivity contribution in [3.8, 4) is 0 Å². The lowest BCUT2D eigenvalue weighted by atomic mass is 9.66. The van der Waals surface area contributed by atoms with Crippen molar-refractivity contribution in [3.63, 3.8) is 0 Å². The molecule has 1 aliphatic heterocycles. The highest BCUT2D eigenvalue weighted by Crippen LogP contribution is 2.22. The molecule has 0 bridgehead atoms. The summed E-state index contributed by atoms with van der Waals surface area (Å²) in [7, 11) is 2.34. The predicted molar refractivity (Wildman–Crippen MR) is 289 cm³/mol. The third-order valence-corrected chi connectivity index (χ3v) is 13.2. The Hall–Kier alpha value is -1.90. The topological polar surface area (TPSA) is 99.2 Å². The van der Waals surface area contributed by atoms with E-state index in [1.165, 1.54) is 148 Å². The molecule has 0 aromatic rings. The second-order valence-corrected chi connectivity index (χ2v) is 20.2. The Morgan fingerprint density at radius 2 is 1.07 bits per heavy atom. The Balaban J connectivity index is -0.00000101. The van der Waals surface area contributed by atoms with Crippen molar-refractivity contribution in [2.24, 2.45) is 17.8 Å². The third kappa shape index (κ3) is 54.9. The molecule has 0 aromatic carbocycles. The third-order valence-electron chi connectivity index (χ3n) is 13.2. The van der Waals surface area contributed by atoms with E-state index < -0.39 is 0 Å². The van der Waals surface area contributed by atoms with E-state index in [9.17, 15) is 19.2 Å². The molecule has 0 aliphatic carbocycles. The zero-order valence-corrected chi connectivity index (χ0v) is 46.5. The van der Waals surface area contributed by atoms with Gasteiger partial charge in [-0.05, 0) is 108 Å². The first-order chi connectivity index (χ1) is 32.5. The molecule has 1 heterocycles. The summed E-state index contributed by atoms with van der Waals surface area (Å²) in [6, 6.07) is 0. The Bertz CT molecular complexity index is 1010. The van der Waals surface area contributed by atoms with Crippen LogP contribution in [0.3, 0.4) is 0 Å². The maximum atomic E-state index is 12.3. The van der Waals surface area contributed by atoms with Crippen molar-refractivity contribution in [2.75, 3.05) is 32.8 Å². The number of aldehydes is 1. The largest absolute Gasteiger partial charge is 0.468 e. The molecule has 1 fully saturated rings. The lowest BCUT2D eigenvalue weighted by Crippen LogP contribution is -2.21. The molecule has 2 unspecified atom stereocenters. The molecule has 0 spiro atoms. The van der Waals surface area contributed by atoms with Crippen LogP contribution in [0.2, 0.25) is 12.6 Å². The van der Waals surface area contributed by atoms with Gasteiger partial charge in [-0.2, -0.15) is 0 Å². The van der Waals surface area contributed by atoms with E-state index in [2.05, 4.69) is 72.2 Å². The minimum absolute atomic E-state index is 0.00347. The zero-order chi connectivity index (χ0) is 50.4. The summed E-state index contributed by atoms with van der Waals surface area (Å²) in [6.07, 6.45) is 40.0. The summed E-state index contributed by atoms with van der Waals surface area (Å²) in [5.74, 6) is 3.02. The average molecular weight is 949 g/mol. The molecule has 1 saturated heterocycles. The molecule has 8 nitrogen and oxygen atoms in total. The molecule has 0 saturated carbocycles. The second-order valence-electron chi connectivity index (χ2n) is 20.2. The number of carbonyl (C=O) groups excluding carboxylic acids is 4.